The van der Waals surface area contributed by atoms with E-state index in [4.69, 9.17) is 0 Å². The van der Waals surface area contributed by atoms with Crippen molar-refractivity contribution >= 4 is 5.69 Å². The predicted octanol–water partition coefficient (Wildman–Crippen LogP) is 3.61. The molecule has 0 radical (unpaired) electrons. The molecule has 0 fully saturated rings. The highest BCUT2D eigenvalue weighted by molar-refractivity contribution is 5.47. The molecule has 2 rings (SSSR count). The first kappa shape index (κ1) is 15.5. The maximum absolute atomic E-state index is 13.4. The van der Waals surface area contributed by atoms with Crippen molar-refractivity contribution in [3.63, 3.8) is 0 Å². The molecule has 2 aromatic carbocycles. The van der Waals surface area contributed by atoms with E-state index in [0.717, 1.165) is 31.7 Å². The van der Waals surface area contributed by atoms with Gasteiger partial charge in [0.15, 0.2) is 0 Å². The zero-order chi connectivity index (χ0) is 15.1. The molecule has 0 aromatic heterocycles. The van der Waals surface area contributed by atoms with E-state index in [1.807, 2.05) is 13.1 Å². The highest BCUT2D eigenvalue weighted by Gasteiger charge is 2.09. The molecule has 0 amide bonds. The van der Waals surface area contributed by atoms with E-state index in [1.54, 1.807) is 12.1 Å². The number of anilines is 1. The van der Waals surface area contributed by atoms with Crippen LogP contribution < -0.4 is 10.2 Å². The molecule has 2 aromatic rings. The summed E-state index contributed by atoms with van der Waals surface area (Å²) in [5.74, 6) is -0.186. The van der Waals surface area contributed by atoms with Crippen LogP contribution in [0.1, 0.15) is 18.1 Å². The van der Waals surface area contributed by atoms with E-state index in [2.05, 4.69) is 41.4 Å². The molecule has 0 aliphatic rings. The van der Waals surface area contributed by atoms with Gasteiger partial charge in [0, 0.05) is 18.8 Å². The van der Waals surface area contributed by atoms with Gasteiger partial charge in [-0.15, -0.1) is 0 Å². The third-order valence-electron chi connectivity index (χ3n) is 3.68. The maximum Gasteiger partial charge on any atom is 0.125 e. The molecule has 0 atom stereocenters. The van der Waals surface area contributed by atoms with E-state index in [9.17, 15) is 4.39 Å². The van der Waals surface area contributed by atoms with E-state index < -0.39 is 0 Å². The summed E-state index contributed by atoms with van der Waals surface area (Å²) in [6.07, 6.45) is 1.01. The van der Waals surface area contributed by atoms with Crippen molar-refractivity contribution in [2.24, 2.45) is 0 Å². The van der Waals surface area contributed by atoms with Crippen LogP contribution in [0, 0.1) is 5.82 Å². The number of nitrogens with zero attached hydrogens (tertiary/aromatic N) is 1. The lowest BCUT2D eigenvalue weighted by Gasteiger charge is -2.24. The van der Waals surface area contributed by atoms with Crippen molar-refractivity contribution in [2.75, 3.05) is 25.0 Å². The normalized spacial score (nSPS) is 10.6. The summed E-state index contributed by atoms with van der Waals surface area (Å²) in [6.45, 7) is 4.72. The SMILES string of the molecule is CCN(Cc1ccccc1CCNC)c1cccc(F)c1. The Hall–Kier alpha value is -1.87. The van der Waals surface area contributed by atoms with Gasteiger partial charge in [0.05, 0.1) is 0 Å². The molecule has 0 bridgehead atoms. The standard InChI is InChI=1S/C18H23FN2/c1-3-21(18-10-6-9-17(19)13-18)14-16-8-5-4-7-15(16)11-12-20-2/h4-10,13,20H,3,11-12,14H2,1-2H3. The van der Waals surface area contributed by atoms with Crippen LogP contribution in [0.3, 0.4) is 0 Å². The lowest BCUT2D eigenvalue weighted by molar-refractivity contribution is 0.626. The van der Waals surface area contributed by atoms with Gasteiger partial charge in [-0.1, -0.05) is 30.3 Å². The van der Waals surface area contributed by atoms with Gasteiger partial charge in [-0.2, -0.15) is 0 Å². The highest BCUT2D eigenvalue weighted by atomic mass is 19.1. The largest absolute Gasteiger partial charge is 0.367 e. The van der Waals surface area contributed by atoms with Crippen molar-refractivity contribution < 1.29 is 4.39 Å². The molecule has 0 saturated heterocycles. The van der Waals surface area contributed by atoms with Gasteiger partial charge in [-0.3, -0.25) is 0 Å². The topological polar surface area (TPSA) is 15.3 Å². The van der Waals surface area contributed by atoms with Crippen LogP contribution in [0.5, 0.6) is 0 Å². The minimum absolute atomic E-state index is 0.186. The minimum atomic E-state index is -0.186. The summed E-state index contributed by atoms with van der Waals surface area (Å²) in [5, 5.41) is 3.19. The van der Waals surface area contributed by atoms with Crippen molar-refractivity contribution in [1.82, 2.24) is 5.32 Å². The molecule has 0 aliphatic heterocycles. The second kappa shape index (κ2) is 7.79. The summed E-state index contributed by atoms with van der Waals surface area (Å²) in [6, 6.07) is 15.3. The highest BCUT2D eigenvalue weighted by Crippen LogP contribution is 2.20. The fourth-order valence-electron chi connectivity index (χ4n) is 2.48. The van der Waals surface area contributed by atoms with Crippen LogP contribution in [0.15, 0.2) is 48.5 Å². The number of benzene rings is 2. The Balaban J connectivity index is 2.18. The molecule has 3 heteroatoms. The van der Waals surface area contributed by atoms with Gasteiger partial charge in [-0.05, 0) is 56.3 Å². The number of hydrogen-bond acceptors (Lipinski definition) is 2. The Labute approximate surface area is 126 Å². The first-order valence-electron chi connectivity index (χ1n) is 7.46. The first-order valence-corrected chi connectivity index (χ1v) is 7.46. The quantitative estimate of drug-likeness (QED) is 0.836. The van der Waals surface area contributed by atoms with Gasteiger partial charge < -0.3 is 10.2 Å². The molecule has 0 saturated carbocycles. The molecular weight excluding hydrogens is 263 g/mol. The van der Waals surface area contributed by atoms with Crippen LogP contribution in [0.25, 0.3) is 0 Å². The molecular formula is C18H23FN2. The number of halogens is 1. The molecule has 0 spiro atoms. The van der Waals surface area contributed by atoms with Gasteiger partial charge >= 0.3 is 0 Å². The van der Waals surface area contributed by atoms with Crippen LogP contribution in [0.4, 0.5) is 10.1 Å². The summed E-state index contributed by atoms with van der Waals surface area (Å²) in [4.78, 5) is 2.20. The molecule has 2 nitrogen and oxygen atoms in total. The molecule has 0 aliphatic carbocycles. The van der Waals surface area contributed by atoms with Gasteiger partial charge in [0.25, 0.3) is 0 Å². The maximum atomic E-state index is 13.4. The minimum Gasteiger partial charge on any atom is -0.367 e. The van der Waals surface area contributed by atoms with Crippen molar-refractivity contribution in [3.8, 4) is 0 Å². The third-order valence-corrected chi connectivity index (χ3v) is 3.68. The Morgan fingerprint density at radius 1 is 1.05 bits per heavy atom. The van der Waals surface area contributed by atoms with Crippen molar-refractivity contribution in [1.29, 1.82) is 0 Å². The van der Waals surface area contributed by atoms with Crippen molar-refractivity contribution in [2.45, 2.75) is 19.9 Å². The van der Waals surface area contributed by atoms with E-state index >= 15 is 0 Å². The lowest BCUT2D eigenvalue weighted by atomic mass is 10.0. The van der Waals surface area contributed by atoms with Gasteiger partial charge in [0.1, 0.15) is 5.82 Å². The monoisotopic (exact) mass is 286 g/mol. The van der Waals surface area contributed by atoms with Crippen molar-refractivity contribution in [3.05, 3.63) is 65.5 Å². The summed E-state index contributed by atoms with van der Waals surface area (Å²) in [7, 11) is 1.97. The van der Waals surface area contributed by atoms with E-state index in [-0.39, 0.29) is 5.82 Å². The Morgan fingerprint density at radius 2 is 1.81 bits per heavy atom. The van der Waals surface area contributed by atoms with Gasteiger partial charge in [0.2, 0.25) is 0 Å². The number of nitrogens with one attached hydrogen (secondary N) is 1. The third kappa shape index (κ3) is 4.30. The number of rotatable bonds is 7. The Kier molecular flexibility index (Phi) is 5.76. The summed E-state index contributed by atoms with van der Waals surface area (Å²) < 4.78 is 13.4. The number of hydrogen-bond donors (Lipinski definition) is 1. The zero-order valence-corrected chi connectivity index (χ0v) is 12.8. The average molecular weight is 286 g/mol. The smallest absolute Gasteiger partial charge is 0.125 e. The zero-order valence-electron chi connectivity index (χ0n) is 12.8. The van der Waals surface area contributed by atoms with E-state index in [1.165, 1.54) is 17.2 Å². The fraction of sp³-hybridized carbons (Fsp3) is 0.333. The van der Waals surface area contributed by atoms with Crippen LogP contribution in [-0.4, -0.2) is 20.1 Å². The Bertz CT molecular complexity index is 569. The second-order valence-corrected chi connectivity index (χ2v) is 5.12. The van der Waals surface area contributed by atoms with Crippen LogP contribution >= 0.6 is 0 Å². The molecule has 21 heavy (non-hydrogen) atoms. The fourth-order valence-corrected chi connectivity index (χ4v) is 2.48. The second-order valence-electron chi connectivity index (χ2n) is 5.12. The van der Waals surface area contributed by atoms with Gasteiger partial charge in [-0.25, -0.2) is 4.39 Å². The lowest BCUT2D eigenvalue weighted by Crippen LogP contribution is -2.23. The average Bonchev–Trinajstić information content (AvgIpc) is 2.51. The van der Waals surface area contributed by atoms with Crippen LogP contribution in [0.2, 0.25) is 0 Å². The number of likely N-dealkylation sites (N-methyl/N-ethyl adjacent to an activating group) is 1. The predicted molar refractivity (Wildman–Crippen MR) is 87.2 cm³/mol. The molecule has 0 unspecified atom stereocenters. The van der Waals surface area contributed by atoms with Crippen LogP contribution in [-0.2, 0) is 13.0 Å². The summed E-state index contributed by atoms with van der Waals surface area (Å²) >= 11 is 0. The molecule has 112 valence electrons. The van der Waals surface area contributed by atoms with E-state index in [0.29, 0.717) is 0 Å². The molecule has 0 heterocycles. The Morgan fingerprint density at radius 3 is 2.48 bits per heavy atom. The first-order chi connectivity index (χ1) is 10.2. The summed E-state index contributed by atoms with van der Waals surface area (Å²) in [5.41, 5.74) is 3.58. The molecule has 1 N–H and O–H groups in total.